The lowest BCUT2D eigenvalue weighted by molar-refractivity contribution is 0.0442. The van der Waals surface area contributed by atoms with Gasteiger partial charge >= 0.3 is 0 Å². The van der Waals surface area contributed by atoms with Gasteiger partial charge in [-0.3, -0.25) is 4.79 Å². The molecule has 1 fully saturated rings. The summed E-state index contributed by atoms with van der Waals surface area (Å²) in [7, 11) is 0. The molecule has 1 N–H and O–H groups in total. The predicted octanol–water partition coefficient (Wildman–Crippen LogP) is 3.78. The summed E-state index contributed by atoms with van der Waals surface area (Å²) in [6.45, 7) is 1.35. The molecular formula is C13H14Br2ClNO2. The van der Waals surface area contributed by atoms with Crippen LogP contribution in [0.15, 0.2) is 22.7 Å². The second-order valence-corrected chi connectivity index (χ2v) is 6.43. The maximum absolute atomic E-state index is 12.3. The van der Waals surface area contributed by atoms with Gasteiger partial charge in [0.15, 0.2) is 0 Å². The topological polar surface area (TPSA) is 38.3 Å². The van der Waals surface area contributed by atoms with Gasteiger partial charge in [0, 0.05) is 28.6 Å². The number of benzene rings is 1. The Kier molecular flexibility index (Phi) is 5.29. The third-order valence-corrected chi connectivity index (χ3v) is 5.57. The molecule has 1 saturated heterocycles. The predicted molar refractivity (Wildman–Crippen MR) is 83.2 cm³/mol. The standard InChI is InChI=1S/C13H14Br2ClNO2/c14-8-13(3-5-19-6-4-13)17-12(18)9-1-2-10(15)11(16)7-9/h1-2,7H,3-6,8H2,(H,17,18). The van der Waals surface area contributed by atoms with Crippen molar-refractivity contribution in [3.8, 4) is 0 Å². The summed E-state index contributed by atoms with van der Waals surface area (Å²) in [4.78, 5) is 12.3. The molecule has 3 nitrogen and oxygen atoms in total. The quantitative estimate of drug-likeness (QED) is 0.769. The number of carbonyl (C=O) groups excluding carboxylic acids is 1. The molecule has 1 aliphatic rings. The summed E-state index contributed by atoms with van der Waals surface area (Å²) in [6.07, 6.45) is 1.63. The second-order valence-electron chi connectivity index (χ2n) is 4.61. The third kappa shape index (κ3) is 3.72. The van der Waals surface area contributed by atoms with E-state index >= 15 is 0 Å². The number of nitrogens with one attached hydrogen (secondary N) is 1. The molecule has 0 radical (unpaired) electrons. The van der Waals surface area contributed by atoms with Gasteiger partial charge in [-0.25, -0.2) is 0 Å². The van der Waals surface area contributed by atoms with Crippen LogP contribution in [0.5, 0.6) is 0 Å². The molecule has 0 bridgehead atoms. The lowest BCUT2D eigenvalue weighted by Gasteiger charge is -2.36. The molecule has 0 spiro atoms. The Labute approximate surface area is 134 Å². The molecule has 0 atom stereocenters. The van der Waals surface area contributed by atoms with E-state index in [2.05, 4.69) is 37.2 Å². The summed E-state index contributed by atoms with van der Waals surface area (Å²) in [5.74, 6) is -0.101. The number of halogens is 3. The molecule has 104 valence electrons. The molecular weight excluding hydrogens is 397 g/mol. The van der Waals surface area contributed by atoms with Crippen LogP contribution in [0.2, 0.25) is 5.02 Å². The van der Waals surface area contributed by atoms with E-state index in [4.69, 9.17) is 16.3 Å². The first-order chi connectivity index (χ1) is 9.06. The van der Waals surface area contributed by atoms with Crippen molar-refractivity contribution in [2.24, 2.45) is 0 Å². The lowest BCUT2D eigenvalue weighted by atomic mass is 9.92. The fourth-order valence-corrected chi connectivity index (χ4v) is 3.13. The van der Waals surface area contributed by atoms with Gasteiger partial charge in [0.25, 0.3) is 5.91 Å². The van der Waals surface area contributed by atoms with Crippen LogP contribution in [0.4, 0.5) is 0 Å². The van der Waals surface area contributed by atoms with Gasteiger partial charge in [-0.15, -0.1) is 0 Å². The van der Waals surface area contributed by atoms with Crippen LogP contribution < -0.4 is 5.32 Å². The van der Waals surface area contributed by atoms with Crippen molar-refractivity contribution in [1.29, 1.82) is 0 Å². The summed E-state index contributed by atoms with van der Waals surface area (Å²) in [5.41, 5.74) is 0.342. The van der Waals surface area contributed by atoms with E-state index < -0.39 is 0 Å². The summed E-state index contributed by atoms with van der Waals surface area (Å²) in [6, 6.07) is 5.21. The van der Waals surface area contributed by atoms with E-state index in [1.54, 1.807) is 18.2 Å². The number of alkyl halides is 1. The molecule has 1 amide bonds. The van der Waals surface area contributed by atoms with Crippen LogP contribution in [0.1, 0.15) is 23.2 Å². The normalized spacial score (nSPS) is 18.1. The molecule has 1 aromatic carbocycles. The highest BCUT2D eigenvalue weighted by Crippen LogP contribution is 2.26. The minimum atomic E-state index is -0.227. The molecule has 2 rings (SSSR count). The first-order valence-electron chi connectivity index (χ1n) is 5.98. The lowest BCUT2D eigenvalue weighted by Crippen LogP contribution is -2.53. The average Bonchev–Trinajstić information content (AvgIpc) is 2.43. The minimum Gasteiger partial charge on any atom is -0.381 e. The fraction of sp³-hybridized carbons (Fsp3) is 0.462. The summed E-state index contributed by atoms with van der Waals surface area (Å²) in [5, 5.41) is 4.36. The Hall–Kier alpha value is -0.100. The van der Waals surface area contributed by atoms with Crippen LogP contribution in [-0.4, -0.2) is 30.0 Å². The number of amides is 1. The van der Waals surface area contributed by atoms with E-state index in [0.717, 1.165) is 22.6 Å². The van der Waals surface area contributed by atoms with Crippen molar-refractivity contribution < 1.29 is 9.53 Å². The SMILES string of the molecule is O=C(NC1(CBr)CCOCC1)c1ccc(Br)c(Cl)c1. The van der Waals surface area contributed by atoms with E-state index in [9.17, 15) is 4.79 Å². The average molecular weight is 412 g/mol. The first kappa shape index (κ1) is 15.3. The molecule has 0 aromatic heterocycles. The fourth-order valence-electron chi connectivity index (χ4n) is 2.00. The van der Waals surface area contributed by atoms with Crippen molar-refractivity contribution in [1.82, 2.24) is 5.32 Å². The van der Waals surface area contributed by atoms with Crippen LogP contribution in [-0.2, 0) is 4.74 Å². The van der Waals surface area contributed by atoms with Crippen molar-refractivity contribution in [2.45, 2.75) is 18.4 Å². The van der Waals surface area contributed by atoms with Crippen molar-refractivity contribution in [3.05, 3.63) is 33.3 Å². The smallest absolute Gasteiger partial charge is 0.251 e. The Morgan fingerprint density at radius 3 is 2.68 bits per heavy atom. The van der Waals surface area contributed by atoms with Crippen LogP contribution in [0.3, 0.4) is 0 Å². The van der Waals surface area contributed by atoms with Crippen molar-refractivity contribution in [2.75, 3.05) is 18.5 Å². The molecule has 0 aliphatic carbocycles. The second kappa shape index (κ2) is 6.57. The highest BCUT2D eigenvalue weighted by molar-refractivity contribution is 9.10. The number of rotatable bonds is 3. The number of hydrogen-bond donors (Lipinski definition) is 1. The molecule has 0 saturated carbocycles. The van der Waals surface area contributed by atoms with Gasteiger partial charge in [0.2, 0.25) is 0 Å². The van der Waals surface area contributed by atoms with Gasteiger partial charge in [0.1, 0.15) is 0 Å². The Balaban J connectivity index is 2.12. The van der Waals surface area contributed by atoms with E-state index in [1.807, 2.05) is 0 Å². The van der Waals surface area contributed by atoms with Gasteiger partial charge in [-0.05, 0) is 47.0 Å². The summed E-state index contributed by atoms with van der Waals surface area (Å²) >= 11 is 12.8. The minimum absolute atomic E-state index is 0.101. The monoisotopic (exact) mass is 409 g/mol. The maximum Gasteiger partial charge on any atom is 0.251 e. The molecule has 19 heavy (non-hydrogen) atoms. The van der Waals surface area contributed by atoms with Crippen LogP contribution in [0, 0.1) is 0 Å². The van der Waals surface area contributed by atoms with Crippen molar-refractivity contribution in [3.63, 3.8) is 0 Å². The number of ether oxygens (including phenoxy) is 1. The van der Waals surface area contributed by atoms with Gasteiger partial charge in [-0.1, -0.05) is 27.5 Å². The van der Waals surface area contributed by atoms with Crippen LogP contribution >= 0.6 is 43.5 Å². The van der Waals surface area contributed by atoms with Crippen molar-refractivity contribution >= 4 is 49.4 Å². The number of carbonyl (C=O) groups is 1. The van der Waals surface area contributed by atoms with Gasteiger partial charge < -0.3 is 10.1 Å². The highest BCUT2D eigenvalue weighted by atomic mass is 79.9. The molecule has 1 aromatic rings. The first-order valence-corrected chi connectivity index (χ1v) is 8.27. The summed E-state index contributed by atoms with van der Waals surface area (Å²) < 4.78 is 6.13. The molecule has 1 heterocycles. The largest absolute Gasteiger partial charge is 0.381 e. The van der Waals surface area contributed by atoms with E-state index in [1.165, 1.54) is 0 Å². The van der Waals surface area contributed by atoms with E-state index in [0.29, 0.717) is 23.8 Å². The highest BCUT2D eigenvalue weighted by Gasteiger charge is 2.33. The molecule has 0 unspecified atom stereocenters. The maximum atomic E-state index is 12.3. The zero-order chi connectivity index (χ0) is 13.9. The zero-order valence-electron chi connectivity index (χ0n) is 10.2. The molecule has 6 heteroatoms. The van der Waals surface area contributed by atoms with Gasteiger partial charge in [0.05, 0.1) is 10.6 Å². The zero-order valence-corrected chi connectivity index (χ0v) is 14.1. The Morgan fingerprint density at radius 1 is 1.42 bits per heavy atom. The Bertz CT molecular complexity index is 476. The van der Waals surface area contributed by atoms with Crippen LogP contribution in [0.25, 0.3) is 0 Å². The number of hydrogen-bond acceptors (Lipinski definition) is 2. The van der Waals surface area contributed by atoms with E-state index in [-0.39, 0.29) is 11.4 Å². The molecule has 1 aliphatic heterocycles. The Morgan fingerprint density at radius 2 is 2.11 bits per heavy atom. The third-order valence-electron chi connectivity index (χ3n) is 3.27. The van der Waals surface area contributed by atoms with Gasteiger partial charge in [-0.2, -0.15) is 0 Å².